The Balaban J connectivity index is 2.55. The van der Waals surface area contributed by atoms with Crippen LogP contribution < -0.4 is 0 Å². The van der Waals surface area contributed by atoms with Gasteiger partial charge in [-0.05, 0) is 12.8 Å². The van der Waals surface area contributed by atoms with Gasteiger partial charge in [-0.2, -0.15) is 14.7 Å². The minimum atomic E-state index is -3.64. The standard InChI is InChI=1S/C5H11NO3P/c7-10(8,9)5-2-1-3-6-4-5/h4-5,7-9H,1-3H2/q+1. The van der Waals surface area contributed by atoms with Crippen LogP contribution in [0.4, 0.5) is 0 Å². The zero-order valence-corrected chi connectivity index (χ0v) is 6.41. The molecule has 1 aliphatic heterocycles. The lowest BCUT2D eigenvalue weighted by atomic mass is 10.2. The van der Waals surface area contributed by atoms with Crippen molar-refractivity contribution in [1.29, 1.82) is 0 Å². The highest BCUT2D eigenvalue weighted by Crippen LogP contribution is 2.51. The number of hydrogen-bond acceptors (Lipinski definition) is 4. The van der Waals surface area contributed by atoms with Crippen LogP contribution in [-0.4, -0.2) is 33.1 Å². The first-order valence-electron chi connectivity index (χ1n) is 3.17. The van der Waals surface area contributed by atoms with Crippen LogP contribution in [-0.2, 0) is 0 Å². The zero-order chi connectivity index (χ0) is 7.61. The Morgan fingerprint density at radius 2 is 2.10 bits per heavy atom. The fourth-order valence-electron chi connectivity index (χ4n) is 0.925. The fraction of sp³-hybridized carbons (Fsp3) is 0.800. The van der Waals surface area contributed by atoms with E-state index in [9.17, 15) is 0 Å². The number of nitrogens with zero attached hydrogens (tertiary/aromatic N) is 1. The van der Waals surface area contributed by atoms with Crippen LogP contribution in [0, 0.1) is 0 Å². The summed E-state index contributed by atoms with van der Waals surface area (Å²) in [7, 11) is -3.64. The van der Waals surface area contributed by atoms with Crippen molar-refractivity contribution in [2.45, 2.75) is 18.5 Å². The summed E-state index contributed by atoms with van der Waals surface area (Å²) < 4.78 is 0. The SMILES string of the molecule is O[P+](O)(O)C1C=NCCC1. The summed E-state index contributed by atoms with van der Waals surface area (Å²) in [5.74, 6) is 0. The molecule has 1 heterocycles. The monoisotopic (exact) mass is 164 g/mol. The molecular formula is C5H11NO3P+. The van der Waals surface area contributed by atoms with Gasteiger partial charge >= 0.3 is 7.94 Å². The van der Waals surface area contributed by atoms with Gasteiger partial charge < -0.3 is 0 Å². The number of hydrogen-bond donors (Lipinski definition) is 3. The van der Waals surface area contributed by atoms with E-state index in [1.807, 2.05) is 0 Å². The van der Waals surface area contributed by atoms with Gasteiger partial charge in [-0.25, -0.2) is 0 Å². The Labute approximate surface area is 59.8 Å². The minimum absolute atomic E-state index is 0.513. The largest absolute Gasteiger partial charge is 0.412 e. The molecule has 0 aromatic carbocycles. The summed E-state index contributed by atoms with van der Waals surface area (Å²) in [5.41, 5.74) is -0.513. The molecular weight excluding hydrogens is 153 g/mol. The molecule has 5 heteroatoms. The summed E-state index contributed by atoms with van der Waals surface area (Å²) in [4.78, 5) is 30.2. The summed E-state index contributed by atoms with van der Waals surface area (Å²) in [5, 5.41) is 0. The lowest BCUT2D eigenvalue weighted by molar-refractivity contribution is 0.321. The maximum absolute atomic E-state index is 8.77. The first kappa shape index (κ1) is 8.08. The average molecular weight is 164 g/mol. The molecule has 0 bridgehead atoms. The summed E-state index contributed by atoms with van der Waals surface area (Å²) in [6.45, 7) is 0.733. The van der Waals surface area contributed by atoms with E-state index in [1.54, 1.807) is 0 Å². The Hall–Kier alpha value is -0.0200. The lowest BCUT2D eigenvalue weighted by Gasteiger charge is -2.15. The molecule has 1 unspecified atom stereocenters. The molecule has 3 N–H and O–H groups in total. The van der Waals surface area contributed by atoms with Crippen molar-refractivity contribution in [3.8, 4) is 0 Å². The molecule has 1 atom stereocenters. The summed E-state index contributed by atoms with van der Waals surface area (Å²) in [6, 6.07) is 0. The van der Waals surface area contributed by atoms with E-state index in [-0.39, 0.29) is 0 Å². The van der Waals surface area contributed by atoms with Crippen LogP contribution in [0.15, 0.2) is 4.99 Å². The lowest BCUT2D eigenvalue weighted by Crippen LogP contribution is -2.18. The molecule has 1 aliphatic rings. The third-order valence-electron chi connectivity index (χ3n) is 1.51. The van der Waals surface area contributed by atoms with Crippen molar-refractivity contribution >= 4 is 14.2 Å². The van der Waals surface area contributed by atoms with Gasteiger partial charge in [-0.1, -0.05) is 0 Å². The van der Waals surface area contributed by atoms with Gasteiger partial charge in [0.1, 0.15) is 0 Å². The quantitative estimate of drug-likeness (QED) is 0.476. The van der Waals surface area contributed by atoms with Gasteiger partial charge in [0.05, 0.1) is 0 Å². The van der Waals surface area contributed by atoms with Crippen molar-refractivity contribution in [1.82, 2.24) is 0 Å². The van der Waals surface area contributed by atoms with Gasteiger partial charge in [-0.3, -0.25) is 4.99 Å². The normalized spacial score (nSPS) is 26.9. The van der Waals surface area contributed by atoms with E-state index < -0.39 is 13.6 Å². The van der Waals surface area contributed by atoms with Gasteiger partial charge in [0.15, 0.2) is 5.66 Å². The summed E-state index contributed by atoms with van der Waals surface area (Å²) >= 11 is 0. The summed E-state index contributed by atoms with van der Waals surface area (Å²) in [6.07, 6.45) is 2.89. The molecule has 0 radical (unpaired) electrons. The van der Waals surface area contributed by atoms with Crippen molar-refractivity contribution in [2.24, 2.45) is 4.99 Å². The van der Waals surface area contributed by atoms with Crippen molar-refractivity contribution in [2.75, 3.05) is 6.54 Å². The third-order valence-corrected chi connectivity index (χ3v) is 2.79. The number of rotatable bonds is 1. The third kappa shape index (κ3) is 1.99. The Morgan fingerprint density at radius 1 is 1.40 bits per heavy atom. The van der Waals surface area contributed by atoms with E-state index in [1.165, 1.54) is 6.21 Å². The molecule has 0 spiro atoms. The predicted molar refractivity (Wildman–Crippen MR) is 40.0 cm³/mol. The second-order valence-corrected chi connectivity index (χ2v) is 4.27. The zero-order valence-electron chi connectivity index (χ0n) is 5.51. The molecule has 10 heavy (non-hydrogen) atoms. The van der Waals surface area contributed by atoms with Crippen LogP contribution in [0.5, 0.6) is 0 Å². The Bertz CT molecular complexity index is 142. The molecule has 0 saturated heterocycles. The second-order valence-electron chi connectivity index (χ2n) is 2.38. The van der Waals surface area contributed by atoms with Crippen molar-refractivity contribution in [3.63, 3.8) is 0 Å². The smallest absolute Gasteiger partial charge is 0.293 e. The minimum Gasteiger partial charge on any atom is -0.293 e. The van der Waals surface area contributed by atoms with Crippen LogP contribution in [0.3, 0.4) is 0 Å². The molecule has 0 aliphatic carbocycles. The first-order chi connectivity index (χ1) is 4.61. The van der Waals surface area contributed by atoms with Crippen molar-refractivity contribution in [3.05, 3.63) is 0 Å². The highest BCUT2D eigenvalue weighted by Gasteiger charge is 2.41. The molecule has 4 nitrogen and oxygen atoms in total. The van der Waals surface area contributed by atoms with E-state index in [4.69, 9.17) is 14.7 Å². The molecule has 0 amide bonds. The average Bonchev–Trinajstić information content (AvgIpc) is 1.88. The van der Waals surface area contributed by atoms with Crippen LogP contribution >= 0.6 is 7.94 Å². The van der Waals surface area contributed by atoms with Gasteiger partial charge in [0, 0.05) is 12.8 Å². The maximum atomic E-state index is 8.77. The van der Waals surface area contributed by atoms with Crippen LogP contribution in [0.1, 0.15) is 12.8 Å². The first-order valence-corrected chi connectivity index (χ1v) is 4.89. The number of aliphatic imine (C=N–C) groups is 1. The van der Waals surface area contributed by atoms with Gasteiger partial charge in [-0.15, -0.1) is 0 Å². The van der Waals surface area contributed by atoms with Crippen LogP contribution in [0.2, 0.25) is 0 Å². The van der Waals surface area contributed by atoms with E-state index in [0.29, 0.717) is 6.42 Å². The highest BCUT2D eigenvalue weighted by atomic mass is 31.2. The second kappa shape index (κ2) is 2.93. The Morgan fingerprint density at radius 3 is 2.40 bits per heavy atom. The molecule has 0 fully saturated rings. The van der Waals surface area contributed by atoms with E-state index >= 15 is 0 Å². The molecule has 0 aromatic heterocycles. The maximum Gasteiger partial charge on any atom is 0.412 e. The Kier molecular flexibility index (Phi) is 2.36. The predicted octanol–water partition coefficient (Wildman–Crippen LogP) is -0.0409. The fourth-order valence-corrected chi connectivity index (χ4v) is 1.73. The van der Waals surface area contributed by atoms with Gasteiger partial charge in [0.25, 0.3) is 0 Å². The molecule has 0 saturated carbocycles. The van der Waals surface area contributed by atoms with E-state index in [0.717, 1.165) is 13.0 Å². The van der Waals surface area contributed by atoms with E-state index in [2.05, 4.69) is 4.99 Å². The molecule has 0 aromatic rings. The topological polar surface area (TPSA) is 73.0 Å². The molecule has 1 rings (SSSR count). The van der Waals surface area contributed by atoms with Gasteiger partial charge in [0.2, 0.25) is 0 Å². The highest BCUT2D eigenvalue weighted by molar-refractivity contribution is 7.60. The van der Waals surface area contributed by atoms with Crippen LogP contribution in [0.25, 0.3) is 0 Å². The van der Waals surface area contributed by atoms with Crippen molar-refractivity contribution < 1.29 is 14.7 Å². The molecule has 58 valence electrons.